The van der Waals surface area contributed by atoms with Gasteiger partial charge in [0, 0.05) is 43.4 Å². The average Bonchev–Trinajstić information content (AvgIpc) is 3.20. The number of rotatable bonds is 4. The molecule has 2 aliphatic heterocycles. The van der Waals surface area contributed by atoms with Crippen LogP contribution in [-0.4, -0.2) is 37.2 Å². The van der Waals surface area contributed by atoms with Crippen LogP contribution < -0.4 is 10.6 Å². The molecule has 136 valence electrons. The highest BCUT2D eigenvalue weighted by molar-refractivity contribution is 5.93. The van der Waals surface area contributed by atoms with E-state index >= 15 is 0 Å². The molecule has 0 spiro atoms. The Morgan fingerprint density at radius 3 is 2.77 bits per heavy atom. The molecule has 5 heteroatoms. The molecule has 5 nitrogen and oxygen atoms in total. The van der Waals surface area contributed by atoms with E-state index in [4.69, 9.17) is 4.74 Å². The van der Waals surface area contributed by atoms with E-state index in [1.807, 2.05) is 42.6 Å². The first-order chi connectivity index (χ1) is 12.8. The third-order valence-corrected chi connectivity index (χ3v) is 5.59. The maximum absolute atomic E-state index is 12.9. The number of pyridine rings is 1. The van der Waals surface area contributed by atoms with Gasteiger partial charge in [-0.15, -0.1) is 0 Å². The number of nitrogens with one attached hydrogen (secondary N) is 2. The van der Waals surface area contributed by atoms with E-state index in [-0.39, 0.29) is 11.8 Å². The molecule has 4 rings (SSSR count). The van der Waals surface area contributed by atoms with E-state index in [1.165, 1.54) is 0 Å². The van der Waals surface area contributed by atoms with Crippen LogP contribution in [0.3, 0.4) is 0 Å². The van der Waals surface area contributed by atoms with Crippen LogP contribution in [0.4, 0.5) is 5.69 Å². The highest BCUT2D eigenvalue weighted by Crippen LogP contribution is 2.33. The quantitative estimate of drug-likeness (QED) is 0.889. The first-order valence-electron chi connectivity index (χ1n) is 9.41. The van der Waals surface area contributed by atoms with Crippen molar-refractivity contribution in [3.05, 3.63) is 48.8 Å². The van der Waals surface area contributed by atoms with Crippen molar-refractivity contribution in [2.24, 2.45) is 17.8 Å². The van der Waals surface area contributed by atoms with E-state index < -0.39 is 0 Å². The van der Waals surface area contributed by atoms with Crippen molar-refractivity contribution < 1.29 is 9.53 Å². The van der Waals surface area contributed by atoms with E-state index in [0.29, 0.717) is 11.8 Å². The number of nitrogens with zero attached hydrogens (tertiary/aromatic N) is 1. The second-order valence-corrected chi connectivity index (χ2v) is 7.19. The van der Waals surface area contributed by atoms with Crippen molar-refractivity contribution in [1.29, 1.82) is 0 Å². The molecule has 2 fully saturated rings. The van der Waals surface area contributed by atoms with Gasteiger partial charge in [0.2, 0.25) is 5.91 Å². The van der Waals surface area contributed by atoms with Gasteiger partial charge in [-0.3, -0.25) is 9.78 Å². The molecule has 0 bridgehead atoms. The molecule has 3 heterocycles. The Hall–Kier alpha value is -2.24. The second kappa shape index (κ2) is 7.98. The van der Waals surface area contributed by atoms with Crippen LogP contribution in [0.25, 0.3) is 11.1 Å². The molecule has 26 heavy (non-hydrogen) atoms. The number of hydrogen-bond acceptors (Lipinski definition) is 4. The van der Waals surface area contributed by atoms with Crippen molar-refractivity contribution in [2.75, 3.05) is 31.6 Å². The number of anilines is 1. The van der Waals surface area contributed by atoms with E-state index in [1.54, 1.807) is 6.20 Å². The van der Waals surface area contributed by atoms with Crippen molar-refractivity contribution in [3.63, 3.8) is 0 Å². The summed E-state index contributed by atoms with van der Waals surface area (Å²) < 4.78 is 5.48. The highest BCUT2D eigenvalue weighted by atomic mass is 16.5. The van der Waals surface area contributed by atoms with Crippen LogP contribution in [0.15, 0.2) is 48.8 Å². The van der Waals surface area contributed by atoms with Gasteiger partial charge < -0.3 is 15.4 Å². The first kappa shape index (κ1) is 17.2. The predicted molar refractivity (Wildman–Crippen MR) is 102 cm³/mol. The Kier molecular flexibility index (Phi) is 5.27. The zero-order valence-corrected chi connectivity index (χ0v) is 14.9. The Morgan fingerprint density at radius 1 is 1.12 bits per heavy atom. The lowest BCUT2D eigenvalue weighted by molar-refractivity contribution is -0.121. The number of carbonyl (C=O) groups excluding carboxylic acids is 1. The lowest BCUT2D eigenvalue weighted by atomic mass is 9.79. The summed E-state index contributed by atoms with van der Waals surface area (Å²) in [5, 5.41) is 6.55. The molecular weight excluding hydrogens is 326 g/mol. The lowest BCUT2D eigenvalue weighted by Crippen LogP contribution is -2.34. The minimum absolute atomic E-state index is 0.0279. The molecule has 2 unspecified atom stereocenters. The van der Waals surface area contributed by atoms with Crippen molar-refractivity contribution >= 4 is 11.6 Å². The number of aromatic nitrogens is 1. The summed E-state index contributed by atoms with van der Waals surface area (Å²) in [6.07, 6.45) is 5.72. The van der Waals surface area contributed by atoms with E-state index in [9.17, 15) is 4.79 Å². The summed E-state index contributed by atoms with van der Waals surface area (Å²) >= 11 is 0. The van der Waals surface area contributed by atoms with Crippen molar-refractivity contribution in [2.45, 2.75) is 12.8 Å². The summed E-state index contributed by atoms with van der Waals surface area (Å²) in [7, 11) is 0. The summed E-state index contributed by atoms with van der Waals surface area (Å²) in [5.41, 5.74) is 2.95. The molecule has 1 aromatic heterocycles. The largest absolute Gasteiger partial charge is 0.381 e. The molecule has 1 amide bonds. The van der Waals surface area contributed by atoms with Crippen LogP contribution in [0.2, 0.25) is 0 Å². The molecular formula is C21H25N3O2. The number of benzene rings is 1. The van der Waals surface area contributed by atoms with Gasteiger partial charge in [0.05, 0.1) is 5.92 Å². The van der Waals surface area contributed by atoms with Gasteiger partial charge in [-0.05, 0) is 55.0 Å². The van der Waals surface area contributed by atoms with Crippen LogP contribution in [0, 0.1) is 17.8 Å². The third kappa shape index (κ3) is 3.79. The van der Waals surface area contributed by atoms with Crippen LogP contribution in [0.1, 0.15) is 12.8 Å². The zero-order valence-electron chi connectivity index (χ0n) is 14.9. The Labute approximate surface area is 154 Å². The topological polar surface area (TPSA) is 63.2 Å². The number of amides is 1. The molecule has 0 aliphatic carbocycles. The average molecular weight is 351 g/mol. The van der Waals surface area contributed by atoms with Gasteiger partial charge in [-0.1, -0.05) is 18.2 Å². The lowest BCUT2D eigenvalue weighted by Gasteiger charge is -2.30. The molecule has 1 aromatic carbocycles. The zero-order chi connectivity index (χ0) is 17.8. The Balaban J connectivity index is 1.46. The van der Waals surface area contributed by atoms with Crippen LogP contribution in [0.5, 0.6) is 0 Å². The van der Waals surface area contributed by atoms with Crippen molar-refractivity contribution in [3.8, 4) is 11.1 Å². The summed E-state index contributed by atoms with van der Waals surface area (Å²) in [6, 6.07) is 11.9. The normalized spacial score (nSPS) is 23.7. The molecule has 0 saturated carbocycles. The third-order valence-electron chi connectivity index (χ3n) is 5.59. The van der Waals surface area contributed by atoms with Gasteiger partial charge in [0.25, 0.3) is 0 Å². The molecule has 2 saturated heterocycles. The fraction of sp³-hybridized carbons (Fsp3) is 0.429. The number of carbonyl (C=O) groups is 1. The summed E-state index contributed by atoms with van der Waals surface area (Å²) in [6.45, 7) is 3.33. The van der Waals surface area contributed by atoms with E-state index in [0.717, 1.165) is 56.0 Å². The first-order valence-corrected chi connectivity index (χ1v) is 9.41. The molecule has 2 aromatic rings. The standard InChI is InChI=1S/C21H25N3O2/c25-21(20-14-23-13-19(20)15-6-9-26-10-7-15)24-18-5-1-3-16(11-18)17-4-2-8-22-12-17/h1-5,8,11-12,15,19-20,23H,6-7,9-10,13-14H2,(H,24,25). The Morgan fingerprint density at radius 2 is 1.96 bits per heavy atom. The minimum Gasteiger partial charge on any atom is -0.381 e. The van der Waals surface area contributed by atoms with Gasteiger partial charge in [0.15, 0.2) is 0 Å². The van der Waals surface area contributed by atoms with Crippen LogP contribution in [-0.2, 0) is 9.53 Å². The minimum atomic E-state index is 0.0279. The second-order valence-electron chi connectivity index (χ2n) is 7.19. The predicted octanol–water partition coefficient (Wildman–Crippen LogP) is 2.95. The van der Waals surface area contributed by atoms with Gasteiger partial charge >= 0.3 is 0 Å². The molecule has 2 N–H and O–H groups in total. The molecule has 2 aliphatic rings. The van der Waals surface area contributed by atoms with E-state index in [2.05, 4.69) is 15.6 Å². The fourth-order valence-corrected chi connectivity index (χ4v) is 4.17. The molecule has 0 radical (unpaired) electrons. The number of ether oxygens (including phenoxy) is 1. The van der Waals surface area contributed by atoms with Crippen molar-refractivity contribution in [1.82, 2.24) is 10.3 Å². The summed E-state index contributed by atoms with van der Waals surface area (Å²) in [4.78, 5) is 17.1. The number of hydrogen-bond donors (Lipinski definition) is 2. The molecule has 2 atom stereocenters. The fourth-order valence-electron chi connectivity index (χ4n) is 4.17. The Bertz CT molecular complexity index is 744. The summed E-state index contributed by atoms with van der Waals surface area (Å²) in [5.74, 6) is 1.13. The van der Waals surface area contributed by atoms with Gasteiger partial charge in [-0.25, -0.2) is 0 Å². The van der Waals surface area contributed by atoms with Crippen LogP contribution >= 0.6 is 0 Å². The SMILES string of the molecule is O=C(Nc1cccc(-c2cccnc2)c1)C1CNCC1C1CCOCC1. The van der Waals surface area contributed by atoms with Gasteiger partial charge in [0.1, 0.15) is 0 Å². The van der Waals surface area contributed by atoms with Gasteiger partial charge in [-0.2, -0.15) is 0 Å². The maximum Gasteiger partial charge on any atom is 0.229 e. The maximum atomic E-state index is 12.9. The smallest absolute Gasteiger partial charge is 0.229 e. The monoisotopic (exact) mass is 351 g/mol. The highest BCUT2D eigenvalue weighted by Gasteiger charge is 2.38.